The highest BCUT2D eigenvalue weighted by Crippen LogP contribution is 1.94. The second-order valence-electron chi connectivity index (χ2n) is 1.54. The van der Waals surface area contributed by atoms with Crippen LogP contribution in [0.25, 0.3) is 0 Å². The molecule has 0 aromatic carbocycles. The third-order valence-electron chi connectivity index (χ3n) is 0.806. The molecular formula is C6H5FN. The zero-order chi connectivity index (χ0) is 5.98. The number of pyridine rings is 1. The van der Waals surface area contributed by atoms with Gasteiger partial charge in [0, 0.05) is 18.0 Å². The molecule has 1 radical (unpaired) electrons. The maximum absolute atomic E-state index is 12.1. The second kappa shape index (κ2) is 1.90. The van der Waals surface area contributed by atoms with Crippen LogP contribution in [0.1, 0.15) is 5.69 Å². The van der Waals surface area contributed by atoms with Crippen molar-refractivity contribution in [3.05, 3.63) is 29.8 Å². The Labute approximate surface area is 47.2 Å². The largest absolute Gasteiger partial charge is 0.261 e. The summed E-state index contributed by atoms with van der Waals surface area (Å²) in [4.78, 5) is 3.74. The molecule has 1 aromatic heterocycles. The fraction of sp³-hybridized carbons (Fsp3) is 0.167. The Bertz CT molecular complexity index is 168. The molecule has 0 fully saturated rings. The van der Waals surface area contributed by atoms with E-state index in [9.17, 15) is 4.39 Å². The molecule has 1 rings (SSSR count). The van der Waals surface area contributed by atoms with Crippen molar-refractivity contribution in [1.29, 1.82) is 0 Å². The van der Waals surface area contributed by atoms with Gasteiger partial charge < -0.3 is 0 Å². The molecule has 0 unspecified atom stereocenters. The summed E-state index contributed by atoms with van der Waals surface area (Å²) in [7, 11) is 0. The number of nitrogens with zero attached hydrogens (tertiary/aromatic N) is 1. The van der Waals surface area contributed by atoms with Crippen molar-refractivity contribution in [2.45, 2.75) is 6.92 Å². The van der Waals surface area contributed by atoms with E-state index in [4.69, 9.17) is 0 Å². The van der Waals surface area contributed by atoms with E-state index in [0.717, 1.165) is 0 Å². The number of rotatable bonds is 0. The molecule has 1 nitrogen and oxygen atoms in total. The van der Waals surface area contributed by atoms with Gasteiger partial charge in [0.2, 0.25) is 0 Å². The molecule has 0 spiro atoms. The van der Waals surface area contributed by atoms with Crippen LogP contribution >= 0.6 is 0 Å². The standard InChI is InChI=1S/C6H5FN/c1-5-4-6(7)2-3-8-5/h3-4H,1H3. The van der Waals surface area contributed by atoms with Crippen LogP contribution in [0.15, 0.2) is 12.3 Å². The molecule has 0 saturated heterocycles. The van der Waals surface area contributed by atoms with Gasteiger partial charge in [-0.1, -0.05) is 0 Å². The summed E-state index contributed by atoms with van der Waals surface area (Å²) in [5.74, 6) is -0.350. The Morgan fingerprint density at radius 3 is 2.88 bits per heavy atom. The van der Waals surface area contributed by atoms with Crippen LogP contribution in [0.3, 0.4) is 0 Å². The van der Waals surface area contributed by atoms with Crippen LogP contribution < -0.4 is 0 Å². The highest BCUT2D eigenvalue weighted by molar-refractivity contribution is 5.01. The lowest BCUT2D eigenvalue weighted by Crippen LogP contribution is -1.80. The summed E-state index contributed by atoms with van der Waals surface area (Å²) in [6.45, 7) is 1.73. The molecule has 1 heterocycles. The molecule has 0 aliphatic rings. The summed E-state index contributed by atoms with van der Waals surface area (Å²) in [6.07, 6.45) is 1.32. The maximum Gasteiger partial charge on any atom is 0.134 e. The molecule has 1 aromatic rings. The predicted octanol–water partition coefficient (Wildman–Crippen LogP) is 1.33. The van der Waals surface area contributed by atoms with Gasteiger partial charge in [-0.05, 0) is 13.0 Å². The first-order chi connectivity index (χ1) is 3.79. The van der Waals surface area contributed by atoms with Gasteiger partial charge in [-0.2, -0.15) is 0 Å². The topological polar surface area (TPSA) is 12.9 Å². The second-order valence-corrected chi connectivity index (χ2v) is 1.54. The maximum atomic E-state index is 12.1. The van der Waals surface area contributed by atoms with Gasteiger partial charge in [0.05, 0.1) is 0 Å². The predicted molar refractivity (Wildman–Crippen MR) is 27.8 cm³/mol. The van der Waals surface area contributed by atoms with Crippen LogP contribution in [0.2, 0.25) is 0 Å². The van der Waals surface area contributed by atoms with Crippen molar-refractivity contribution < 1.29 is 4.39 Å². The van der Waals surface area contributed by atoms with E-state index in [2.05, 4.69) is 11.1 Å². The van der Waals surface area contributed by atoms with E-state index in [1.165, 1.54) is 12.3 Å². The minimum absolute atomic E-state index is 0.350. The van der Waals surface area contributed by atoms with Crippen molar-refractivity contribution in [3.63, 3.8) is 0 Å². The Morgan fingerprint density at radius 1 is 1.75 bits per heavy atom. The Hall–Kier alpha value is -0.920. The zero-order valence-corrected chi connectivity index (χ0v) is 4.48. The molecule has 41 valence electrons. The van der Waals surface area contributed by atoms with E-state index in [1.807, 2.05) is 0 Å². The van der Waals surface area contributed by atoms with Crippen LogP contribution in [0.4, 0.5) is 4.39 Å². The van der Waals surface area contributed by atoms with E-state index >= 15 is 0 Å². The van der Waals surface area contributed by atoms with Crippen LogP contribution in [-0.2, 0) is 0 Å². The average Bonchev–Trinajstić information content (AvgIpc) is 1.64. The van der Waals surface area contributed by atoms with Crippen LogP contribution in [0, 0.1) is 18.8 Å². The number of hydrogen-bond donors (Lipinski definition) is 0. The molecule has 8 heavy (non-hydrogen) atoms. The van der Waals surface area contributed by atoms with Crippen molar-refractivity contribution in [2.75, 3.05) is 0 Å². The summed E-state index contributed by atoms with van der Waals surface area (Å²) in [6, 6.07) is 3.63. The molecule has 0 N–H and O–H groups in total. The molecule has 0 atom stereocenters. The Balaban J connectivity index is 3.08. The van der Waals surface area contributed by atoms with Gasteiger partial charge in [0.15, 0.2) is 0 Å². The molecule has 0 aliphatic carbocycles. The smallest absolute Gasteiger partial charge is 0.134 e. The van der Waals surface area contributed by atoms with Gasteiger partial charge in [-0.25, -0.2) is 4.39 Å². The first-order valence-electron chi connectivity index (χ1n) is 2.29. The molecular weight excluding hydrogens is 105 g/mol. The van der Waals surface area contributed by atoms with Crippen LogP contribution in [-0.4, -0.2) is 4.98 Å². The number of aryl methyl sites for hydroxylation is 1. The fourth-order valence-corrected chi connectivity index (χ4v) is 0.458. The molecule has 0 bridgehead atoms. The highest BCUT2D eigenvalue weighted by Gasteiger charge is 1.86. The molecule has 0 aliphatic heterocycles. The number of hydrogen-bond acceptors (Lipinski definition) is 1. The highest BCUT2D eigenvalue weighted by atomic mass is 19.1. The normalized spacial score (nSPS) is 9.25. The average molecular weight is 110 g/mol. The lowest BCUT2D eigenvalue weighted by Gasteiger charge is -1.86. The first-order valence-corrected chi connectivity index (χ1v) is 2.29. The lowest BCUT2D eigenvalue weighted by atomic mass is 10.4. The van der Waals surface area contributed by atoms with Gasteiger partial charge in [-0.15, -0.1) is 0 Å². The zero-order valence-electron chi connectivity index (χ0n) is 4.48. The summed E-state index contributed by atoms with van der Waals surface area (Å²) in [5.41, 5.74) is 0.682. The lowest BCUT2D eigenvalue weighted by molar-refractivity contribution is 0.621. The van der Waals surface area contributed by atoms with E-state index < -0.39 is 0 Å². The van der Waals surface area contributed by atoms with Crippen LogP contribution in [0.5, 0.6) is 0 Å². The summed E-state index contributed by atoms with van der Waals surface area (Å²) >= 11 is 0. The van der Waals surface area contributed by atoms with Gasteiger partial charge in [0.25, 0.3) is 0 Å². The fourth-order valence-electron chi connectivity index (χ4n) is 0.458. The summed E-state index contributed by atoms with van der Waals surface area (Å²) < 4.78 is 12.1. The minimum Gasteiger partial charge on any atom is -0.261 e. The van der Waals surface area contributed by atoms with Gasteiger partial charge >= 0.3 is 0 Å². The molecule has 2 heteroatoms. The van der Waals surface area contributed by atoms with Crippen molar-refractivity contribution in [2.24, 2.45) is 0 Å². The third kappa shape index (κ3) is 1.03. The molecule has 0 saturated carbocycles. The van der Waals surface area contributed by atoms with Gasteiger partial charge in [-0.3, -0.25) is 4.98 Å². The van der Waals surface area contributed by atoms with Gasteiger partial charge in [0.1, 0.15) is 5.82 Å². The van der Waals surface area contributed by atoms with Crippen molar-refractivity contribution >= 4 is 0 Å². The number of halogens is 1. The SMILES string of the molecule is Cc1cc(F)[c]cn1. The first kappa shape index (κ1) is 5.22. The van der Waals surface area contributed by atoms with Crippen molar-refractivity contribution in [3.8, 4) is 0 Å². The number of aromatic nitrogens is 1. The third-order valence-corrected chi connectivity index (χ3v) is 0.806. The Kier molecular flexibility index (Phi) is 1.24. The van der Waals surface area contributed by atoms with E-state index in [-0.39, 0.29) is 5.82 Å². The quantitative estimate of drug-likeness (QED) is 0.491. The van der Waals surface area contributed by atoms with E-state index in [1.54, 1.807) is 6.92 Å². The summed E-state index contributed by atoms with van der Waals surface area (Å²) in [5, 5.41) is 0. The minimum atomic E-state index is -0.350. The molecule has 0 amide bonds. The monoisotopic (exact) mass is 110 g/mol. The van der Waals surface area contributed by atoms with E-state index in [0.29, 0.717) is 5.69 Å². The Morgan fingerprint density at radius 2 is 2.50 bits per heavy atom. The van der Waals surface area contributed by atoms with Crippen molar-refractivity contribution in [1.82, 2.24) is 4.98 Å².